The van der Waals surface area contributed by atoms with Gasteiger partial charge in [0, 0.05) is 6.04 Å². The molecule has 0 aliphatic rings. The smallest absolute Gasteiger partial charge is 0.152 e. The number of hydrogen-bond donors (Lipinski definition) is 1. The Labute approximate surface area is 114 Å². The Morgan fingerprint density at radius 2 is 1.72 bits per heavy atom. The van der Waals surface area contributed by atoms with Crippen molar-refractivity contribution in [3.05, 3.63) is 0 Å². The average Bonchev–Trinajstić information content (AvgIpc) is 2.23. The van der Waals surface area contributed by atoms with Gasteiger partial charge >= 0.3 is 0 Å². The molecule has 1 N–H and O–H groups in total. The topological polar surface area (TPSA) is 46.2 Å². The second-order valence-electron chi connectivity index (χ2n) is 6.39. The molecule has 0 saturated carbocycles. The summed E-state index contributed by atoms with van der Waals surface area (Å²) in [7, 11) is -2.90. The lowest BCUT2D eigenvalue weighted by molar-refractivity contribution is 0.280. The third kappa shape index (κ3) is 7.37. The maximum atomic E-state index is 11.8. The van der Waals surface area contributed by atoms with Crippen molar-refractivity contribution in [2.75, 3.05) is 12.3 Å². The fraction of sp³-hybridized carbons (Fsp3) is 1.00. The zero-order valence-corrected chi connectivity index (χ0v) is 13.7. The molecule has 0 saturated heterocycles. The van der Waals surface area contributed by atoms with Gasteiger partial charge in [-0.2, -0.15) is 0 Å². The summed E-state index contributed by atoms with van der Waals surface area (Å²) in [5.74, 6) is 0.304. The van der Waals surface area contributed by atoms with Gasteiger partial charge in [-0.1, -0.05) is 20.8 Å². The van der Waals surface area contributed by atoms with Crippen molar-refractivity contribution in [3.63, 3.8) is 0 Å². The molecule has 0 rings (SSSR count). The van der Waals surface area contributed by atoms with Crippen LogP contribution in [0.1, 0.15) is 60.8 Å². The second-order valence-corrected chi connectivity index (χ2v) is 9.07. The monoisotopic (exact) mass is 277 g/mol. The fourth-order valence-electron chi connectivity index (χ4n) is 2.05. The Kier molecular flexibility index (Phi) is 7.45. The Morgan fingerprint density at radius 3 is 2.17 bits per heavy atom. The molecule has 0 heterocycles. The highest BCUT2D eigenvalue weighted by Crippen LogP contribution is 2.28. The van der Waals surface area contributed by atoms with Gasteiger partial charge in [-0.25, -0.2) is 8.42 Å². The molecule has 0 radical (unpaired) electrons. The van der Waals surface area contributed by atoms with Gasteiger partial charge in [-0.15, -0.1) is 0 Å². The summed E-state index contributed by atoms with van der Waals surface area (Å²) in [6, 6.07) is 0.446. The predicted molar refractivity (Wildman–Crippen MR) is 79.7 cm³/mol. The minimum atomic E-state index is -2.90. The van der Waals surface area contributed by atoms with E-state index in [1.165, 1.54) is 0 Å². The van der Waals surface area contributed by atoms with Gasteiger partial charge in [0.05, 0.1) is 11.0 Å². The zero-order valence-electron chi connectivity index (χ0n) is 12.9. The molecule has 18 heavy (non-hydrogen) atoms. The van der Waals surface area contributed by atoms with Crippen LogP contribution in [0.3, 0.4) is 0 Å². The Hall–Kier alpha value is -0.0900. The van der Waals surface area contributed by atoms with Crippen LogP contribution in [0.25, 0.3) is 0 Å². The van der Waals surface area contributed by atoms with E-state index in [-0.39, 0.29) is 10.7 Å². The summed E-state index contributed by atoms with van der Waals surface area (Å²) in [5, 5.41) is 3.20. The quantitative estimate of drug-likeness (QED) is 0.704. The van der Waals surface area contributed by atoms with Gasteiger partial charge in [0.2, 0.25) is 0 Å². The molecule has 0 aliphatic heterocycles. The van der Waals surface area contributed by atoms with Crippen LogP contribution in [-0.4, -0.2) is 32.0 Å². The van der Waals surface area contributed by atoms with Crippen LogP contribution >= 0.6 is 0 Å². The summed E-state index contributed by atoms with van der Waals surface area (Å²) in [6.45, 7) is 13.2. The lowest BCUT2D eigenvalue weighted by Crippen LogP contribution is -2.33. The molecule has 0 spiro atoms. The molecule has 0 aromatic rings. The molecule has 0 aromatic heterocycles. The first kappa shape index (κ1) is 17.9. The number of nitrogens with one attached hydrogen (secondary N) is 1. The first-order valence-corrected chi connectivity index (χ1v) is 8.77. The lowest BCUT2D eigenvalue weighted by Gasteiger charge is -2.29. The highest BCUT2D eigenvalue weighted by Gasteiger charge is 2.25. The first-order valence-electron chi connectivity index (χ1n) is 7.05. The average molecular weight is 277 g/mol. The van der Waals surface area contributed by atoms with Crippen molar-refractivity contribution in [1.29, 1.82) is 0 Å². The lowest BCUT2D eigenvalue weighted by atomic mass is 9.83. The van der Waals surface area contributed by atoms with E-state index in [2.05, 4.69) is 33.0 Å². The van der Waals surface area contributed by atoms with E-state index in [4.69, 9.17) is 0 Å². The van der Waals surface area contributed by atoms with Gasteiger partial charge in [0.1, 0.15) is 0 Å². The van der Waals surface area contributed by atoms with E-state index < -0.39 is 9.84 Å². The van der Waals surface area contributed by atoms with Crippen LogP contribution in [0, 0.1) is 5.41 Å². The summed E-state index contributed by atoms with van der Waals surface area (Å²) >= 11 is 0. The third-order valence-corrected chi connectivity index (χ3v) is 5.59. The maximum Gasteiger partial charge on any atom is 0.152 e. The number of sulfone groups is 1. The van der Waals surface area contributed by atoms with Crippen molar-refractivity contribution in [3.8, 4) is 0 Å². The first-order chi connectivity index (χ1) is 8.10. The summed E-state index contributed by atoms with van der Waals surface area (Å²) in [5.41, 5.74) is 0.0715. The van der Waals surface area contributed by atoms with Crippen LogP contribution in [0.15, 0.2) is 0 Å². The normalized spacial score (nSPS) is 15.1. The largest absolute Gasteiger partial charge is 0.314 e. The van der Waals surface area contributed by atoms with Gasteiger partial charge in [0.25, 0.3) is 0 Å². The molecule has 0 fully saturated rings. The Bertz CT molecular complexity index is 321. The molecule has 0 amide bonds. The van der Waals surface area contributed by atoms with Gasteiger partial charge in [-0.3, -0.25) is 0 Å². The van der Waals surface area contributed by atoms with E-state index in [0.29, 0.717) is 11.8 Å². The van der Waals surface area contributed by atoms with Gasteiger partial charge in [0.15, 0.2) is 9.84 Å². The Morgan fingerprint density at radius 1 is 1.17 bits per heavy atom. The van der Waals surface area contributed by atoms with E-state index in [0.717, 1.165) is 25.8 Å². The minimum Gasteiger partial charge on any atom is -0.314 e. The van der Waals surface area contributed by atoms with Crippen molar-refractivity contribution in [1.82, 2.24) is 5.32 Å². The predicted octanol–water partition coefficient (Wildman–Crippen LogP) is 3.00. The van der Waals surface area contributed by atoms with Crippen LogP contribution in [-0.2, 0) is 9.84 Å². The van der Waals surface area contributed by atoms with Crippen LogP contribution < -0.4 is 5.32 Å². The van der Waals surface area contributed by atoms with Crippen LogP contribution in [0.4, 0.5) is 0 Å². The standard InChI is InChI=1S/C14H31NO2S/c1-7-9-15-13(4)11-14(5,6)8-10-18(16,17)12(2)3/h12-13,15H,7-11H2,1-6H3. The maximum absolute atomic E-state index is 11.8. The van der Waals surface area contributed by atoms with E-state index in [9.17, 15) is 8.42 Å². The molecule has 1 unspecified atom stereocenters. The number of hydrogen-bond acceptors (Lipinski definition) is 3. The van der Waals surface area contributed by atoms with Gasteiger partial charge < -0.3 is 5.32 Å². The second kappa shape index (κ2) is 7.49. The summed E-state index contributed by atoms with van der Waals surface area (Å²) in [6.07, 6.45) is 2.89. The van der Waals surface area contributed by atoms with Crippen molar-refractivity contribution < 1.29 is 8.42 Å². The van der Waals surface area contributed by atoms with E-state index in [1.54, 1.807) is 13.8 Å². The highest BCUT2D eigenvalue weighted by molar-refractivity contribution is 7.91. The summed E-state index contributed by atoms with van der Waals surface area (Å²) < 4.78 is 23.6. The van der Waals surface area contributed by atoms with E-state index >= 15 is 0 Å². The molecular weight excluding hydrogens is 246 g/mol. The Balaban J connectivity index is 4.23. The molecule has 3 nitrogen and oxygen atoms in total. The molecule has 0 aromatic carbocycles. The van der Waals surface area contributed by atoms with Crippen molar-refractivity contribution in [2.45, 2.75) is 72.1 Å². The SMILES string of the molecule is CCCNC(C)CC(C)(C)CCS(=O)(=O)C(C)C. The van der Waals surface area contributed by atoms with Crippen molar-refractivity contribution in [2.24, 2.45) is 5.41 Å². The molecule has 110 valence electrons. The van der Waals surface area contributed by atoms with Crippen molar-refractivity contribution >= 4 is 9.84 Å². The zero-order chi connectivity index (χ0) is 14.4. The number of rotatable bonds is 9. The highest BCUT2D eigenvalue weighted by atomic mass is 32.2. The van der Waals surface area contributed by atoms with Crippen LogP contribution in [0.2, 0.25) is 0 Å². The molecule has 1 atom stereocenters. The molecule has 0 bridgehead atoms. The molecule has 0 aliphatic carbocycles. The summed E-state index contributed by atoms with van der Waals surface area (Å²) in [4.78, 5) is 0. The van der Waals surface area contributed by atoms with Gasteiger partial charge in [-0.05, 0) is 52.0 Å². The molecule has 4 heteroatoms. The minimum absolute atomic E-state index is 0.0715. The van der Waals surface area contributed by atoms with Crippen LogP contribution in [0.5, 0.6) is 0 Å². The van der Waals surface area contributed by atoms with E-state index in [1.807, 2.05) is 0 Å². The molecular formula is C14H31NO2S. The fourth-order valence-corrected chi connectivity index (χ4v) is 3.36. The third-order valence-electron chi connectivity index (χ3n) is 3.38.